The zero-order valence-electron chi connectivity index (χ0n) is 17.6. The van der Waals surface area contributed by atoms with E-state index in [0.29, 0.717) is 12.1 Å². The number of halogens is 3. The Labute approximate surface area is 179 Å². The molecule has 7 atom stereocenters. The Morgan fingerprint density at radius 1 is 1.26 bits per heavy atom. The molecular weight excluding hydrogens is 415 g/mol. The number of likely N-dealkylation sites (tertiary alicyclic amines) is 1. The van der Waals surface area contributed by atoms with Gasteiger partial charge in [0.2, 0.25) is 5.91 Å². The predicted molar refractivity (Wildman–Crippen MR) is 108 cm³/mol. The van der Waals surface area contributed by atoms with Crippen molar-refractivity contribution in [3.8, 4) is 0 Å². The molecule has 4 aliphatic rings. The van der Waals surface area contributed by atoms with Crippen LogP contribution in [0, 0.1) is 11.8 Å². The molecule has 7 unspecified atom stereocenters. The van der Waals surface area contributed by atoms with E-state index in [0.717, 1.165) is 17.9 Å². The fraction of sp³-hybridized carbons (Fsp3) is 0.750. The van der Waals surface area contributed by atoms with E-state index < -0.39 is 18.8 Å². The second-order valence-electron chi connectivity index (χ2n) is 8.53. The van der Waals surface area contributed by atoms with Gasteiger partial charge >= 0.3 is 6.18 Å². The van der Waals surface area contributed by atoms with Crippen molar-refractivity contribution in [3.05, 3.63) is 12.3 Å². The highest BCUT2D eigenvalue weighted by Gasteiger charge is 2.50. The molecular formula is C20H28F3N5O3. The summed E-state index contributed by atoms with van der Waals surface area (Å²) in [6.07, 6.45) is 0.726. The molecule has 0 aromatic carbocycles. The van der Waals surface area contributed by atoms with E-state index in [1.54, 1.807) is 14.2 Å². The van der Waals surface area contributed by atoms with Crippen LogP contribution in [0.2, 0.25) is 0 Å². The SMILES string of the molecule is C=C1C2NC(C3C=NC(OC)C(OC)C3)CCC2C(=O)N1C1C=NN(CC(F)(F)F)C1. The van der Waals surface area contributed by atoms with Gasteiger partial charge in [-0.05, 0) is 19.3 Å². The number of rotatable bonds is 5. The van der Waals surface area contributed by atoms with E-state index in [2.05, 4.69) is 22.0 Å². The van der Waals surface area contributed by atoms with Gasteiger partial charge in [-0.3, -0.25) is 14.8 Å². The molecule has 0 radical (unpaired) electrons. The Bertz CT molecular complexity index is 774. The van der Waals surface area contributed by atoms with Gasteiger partial charge in [-0.15, -0.1) is 0 Å². The lowest BCUT2D eigenvalue weighted by molar-refractivity contribution is -0.145. The van der Waals surface area contributed by atoms with Crippen LogP contribution >= 0.6 is 0 Å². The molecule has 0 aromatic heterocycles. The van der Waals surface area contributed by atoms with E-state index in [4.69, 9.17) is 9.47 Å². The van der Waals surface area contributed by atoms with Crippen LogP contribution in [-0.4, -0.2) is 92.2 Å². The molecule has 2 fully saturated rings. The molecule has 8 nitrogen and oxygen atoms in total. The topological polar surface area (TPSA) is 78.8 Å². The highest BCUT2D eigenvalue weighted by atomic mass is 19.4. The van der Waals surface area contributed by atoms with Crippen LogP contribution in [0.15, 0.2) is 22.4 Å². The minimum absolute atomic E-state index is 0.0103. The van der Waals surface area contributed by atoms with Gasteiger partial charge in [0, 0.05) is 44.3 Å². The fourth-order valence-electron chi connectivity index (χ4n) is 5.11. The molecule has 1 amide bonds. The summed E-state index contributed by atoms with van der Waals surface area (Å²) in [6.45, 7) is 2.99. The van der Waals surface area contributed by atoms with Crippen LogP contribution in [0.3, 0.4) is 0 Å². The van der Waals surface area contributed by atoms with Crippen molar-refractivity contribution in [2.45, 2.75) is 55.9 Å². The van der Waals surface area contributed by atoms with Crippen LogP contribution in [0.25, 0.3) is 0 Å². The highest BCUT2D eigenvalue weighted by molar-refractivity contribution is 5.89. The Morgan fingerprint density at radius 3 is 2.71 bits per heavy atom. The Hall–Kier alpha value is -1.98. The normalized spacial score (nSPS) is 38.3. The van der Waals surface area contributed by atoms with Crippen LogP contribution in [0.4, 0.5) is 13.2 Å². The third kappa shape index (κ3) is 4.35. The summed E-state index contributed by atoms with van der Waals surface area (Å²) < 4.78 is 48.9. The molecule has 4 aliphatic heterocycles. The number of methoxy groups -OCH3 is 2. The van der Waals surface area contributed by atoms with Crippen molar-refractivity contribution < 1.29 is 27.4 Å². The molecule has 0 aromatic rings. The zero-order chi connectivity index (χ0) is 22.3. The number of ether oxygens (including phenoxy) is 2. The van der Waals surface area contributed by atoms with E-state index in [1.807, 2.05) is 6.21 Å². The average molecular weight is 443 g/mol. The van der Waals surface area contributed by atoms with Crippen molar-refractivity contribution in [2.75, 3.05) is 27.3 Å². The smallest absolute Gasteiger partial charge is 0.377 e. The summed E-state index contributed by atoms with van der Waals surface area (Å²) in [5.74, 6) is -0.235. The third-order valence-electron chi connectivity index (χ3n) is 6.61. The third-order valence-corrected chi connectivity index (χ3v) is 6.61. The summed E-state index contributed by atoms with van der Waals surface area (Å²) in [5, 5.41) is 8.35. The number of amides is 1. The summed E-state index contributed by atoms with van der Waals surface area (Å²) in [5.41, 5.74) is 0.593. The second-order valence-corrected chi connectivity index (χ2v) is 8.53. The van der Waals surface area contributed by atoms with Crippen molar-refractivity contribution in [1.82, 2.24) is 15.2 Å². The largest absolute Gasteiger partial charge is 0.407 e. The highest BCUT2D eigenvalue weighted by Crippen LogP contribution is 2.38. The van der Waals surface area contributed by atoms with Gasteiger partial charge < -0.3 is 19.7 Å². The zero-order valence-corrected chi connectivity index (χ0v) is 17.6. The molecule has 4 heterocycles. The van der Waals surface area contributed by atoms with Gasteiger partial charge in [-0.2, -0.15) is 18.3 Å². The number of carbonyl (C=O) groups is 1. The van der Waals surface area contributed by atoms with Crippen LogP contribution in [0.5, 0.6) is 0 Å². The maximum Gasteiger partial charge on any atom is 0.407 e. The van der Waals surface area contributed by atoms with Crippen LogP contribution in [0.1, 0.15) is 19.3 Å². The second kappa shape index (κ2) is 8.51. The summed E-state index contributed by atoms with van der Waals surface area (Å²) in [6, 6.07) is -0.681. The number of hydrazone groups is 1. The molecule has 0 spiro atoms. The number of carbonyl (C=O) groups excluding carboxylic acids is 1. The predicted octanol–water partition coefficient (Wildman–Crippen LogP) is 1.39. The van der Waals surface area contributed by atoms with Gasteiger partial charge in [0.05, 0.1) is 24.5 Å². The standard InChI is InChI=1S/C20H28F3N5O3/c1-11-17-14(19(29)28(11)13-8-25-27(9-13)10-20(21,22)23)4-5-15(26-17)12-6-16(30-2)18(31-3)24-7-12/h7-8,12-18,26H,1,4-6,9-10H2,2-3H3. The van der Waals surface area contributed by atoms with E-state index >= 15 is 0 Å². The lowest BCUT2D eigenvalue weighted by Gasteiger charge is -2.39. The van der Waals surface area contributed by atoms with Gasteiger partial charge in [0.15, 0.2) is 6.23 Å². The van der Waals surface area contributed by atoms with E-state index in [-0.39, 0.29) is 48.7 Å². The van der Waals surface area contributed by atoms with Crippen molar-refractivity contribution in [1.29, 1.82) is 0 Å². The number of nitrogens with one attached hydrogen (secondary N) is 1. The summed E-state index contributed by atoms with van der Waals surface area (Å²) in [4.78, 5) is 19.0. The Balaban J connectivity index is 1.41. The maximum absolute atomic E-state index is 13.1. The number of fused-ring (bicyclic) bond motifs is 1. The molecule has 4 rings (SSSR count). The summed E-state index contributed by atoms with van der Waals surface area (Å²) in [7, 11) is 3.24. The van der Waals surface area contributed by atoms with Gasteiger partial charge in [-0.25, -0.2) is 0 Å². The van der Waals surface area contributed by atoms with Gasteiger partial charge in [-0.1, -0.05) is 6.58 Å². The quantitative estimate of drug-likeness (QED) is 0.695. The summed E-state index contributed by atoms with van der Waals surface area (Å²) >= 11 is 0. The van der Waals surface area contributed by atoms with Crippen LogP contribution < -0.4 is 5.32 Å². The molecule has 2 saturated heterocycles. The fourth-order valence-corrected chi connectivity index (χ4v) is 5.11. The monoisotopic (exact) mass is 443 g/mol. The lowest BCUT2D eigenvalue weighted by atomic mass is 9.81. The number of nitrogens with zero attached hydrogens (tertiary/aromatic N) is 4. The number of hydrogen-bond acceptors (Lipinski definition) is 7. The minimum atomic E-state index is -4.34. The van der Waals surface area contributed by atoms with Crippen molar-refractivity contribution in [3.63, 3.8) is 0 Å². The first kappa shape index (κ1) is 22.2. The first-order valence-corrected chi connectivity index (χ1v) is 10.4. The average Bonchev–Trinajstić information content (AvgIpc) is 3.27. The Morgan fingerprint density at radius 2 is 2.03 bits per heavy atom. The van der Waals surface area contributed by atoms with Crippen molar-refractivity contribution >= 4 is 18.3 Å². The maximum atomic E-state index is 13.1. The molecule has 31 heavy (non-hydrogen) atoms. The molecule has 11 heteroatoms. The van der Waals surface area contributed by atoms with Crippen molar-refractivity contribution in [2.24, 2.45) is 21.9 Å². The Kier molecular flexibility index (Phi) is 6.10. The van der Waals surface area contributed by atoms with Gasteiger partial charge in [0.1, 0.15) is 12.6 Å². The number of aliphatic imine (C=N–C) groups is 1. The number of alkyl halides is 3. The van der Waals surface area contributed by atoms with Crippen LogP contribution in [-0.2, 0) is 14.3 Å². The number of piperidine rings is 1. The van der Waals surface area contributed by atoms with Gasteiger partial charge in [0.25, 0.3) is 0 Å². The molecule has 1 N–H and O–H groups in total. The lowest BCUT2D eigenvalue weighted by Crippen LogP contribution is -2.52. The minimum Gasteiger partial charge on any atom is -0.377 e. The molecule has 0 bridgehead atoms. The molecule has 172 valence electrons. The first-order valence-electron chi connectivity index (χ1n) is 10.4. The van der Waals surface area contributed by atoms with E-state index in [1.165, 1.54) is 11.1 Å². The number of hydrogen-bond donors (Lipinski definition) is 1. The van der Waals surface area contributed by atoms with E-state index in [9.17, 15) is 18.0 Å². The molecule has 0 saturated carbocycles. The first-order chi connectivity index (χ1) is 14.7. The molecule has 0 aliphatic carbocycles.